The molecule has 1 rings (SSSR count). The van der Waals surface area contributed by atoms with Gasteiger partial charge < -0.3 is 14.8 Å². The van der Waals surface area contributed by atoms with Crippen LogP contribution in [-0.4, -0.2) is 23.5 Å². The molecule has 0 aliphatic carbocycles. The second-order valence-electron chi connectivity index (χ2n) is 4.99. The first-order chi connectivity index (χ1) is 8.93. The quantitative estimate of drug-likeness (QED) is 0.794. The van der Waals surface area contributed by atoms with Crippen LogP contribution in [0.2, 0.25) is 0 Å². The van der Waals surface area contributed by atoms with Crippen molar-refractivity contribution in [2.24, 2.45) is 11.8 Å². The van der Waals surface area contributed by atoms with E-state index in [-0.39, 0.29) is 24.1 Å². The Morgan fingerprint density at radius 2 is 2.05 bits per heavy atom. The topological polar surface area (TPSA) is 79.5 Å². The van der Waals surface area contributed by atoms with Crippen LogP contribution in [0.25, 0.3) is 0 Å². The lowest BCUT2D eigenvalue weighted by Gasteiger charge is -2.14. The van der Waals surface area contributed by atoms with Crippen molar-refractivity contribution in [2.75, 3.05) is 6.54 Å². The van der Waals surface area contributed by atoms with E-state index in [4.69, 9.17) is 9.52 Å². The van der Waals surface area contributed by atoms with Crippen LogP contribution in [0.15, 0.2) is 16.5 Å². The lowest BCUT2D eigenvalue weighted by atomic mass is 9.97. The monoisotopic (exact) mass is 267 g/mol. The molecule has 0 radical (unpaired) electrons. The van der Waals surface area contributed by atoms with Gasteiger partial charge in [-0.05, 0) is 24.5 Å². The average molecular weight is 267 g/mol. The van der Waals surface area contributed by atoms with Gasteiger partial charge in [0.05, 0.1) is 5.92 Å². The second kappa shape index (κ2) is 6.97. The average Bonchev–Trinajstić information content (AvgIpc) is 2.82. The number of hydrogen-bond donors (Lipinski definition) is 2. The lowest BCUT2D eigenvalue weighted by Crippen LogP contribution is -2.33. The fourth-order valence-electron chi connectivity index (χ4n) is 1.83. The number of aliphatic carboxylic acids is 1. The Kier molecular flexibility index (Phi) is 5.60. The minimum Gasteiger partial charge on any atom is -0.481 e. The summed E-state index contributed by atoms with van der Waals surface area (Å²) >= 11 is 0. The summed E-state index contributed by atoms with van der Waals surface area (Å²) in [4.78, 5) is 22.8. The molecule has 0 fully saturated rings. The molecule has 0 aliphatic heterocycles. The molecule has 0 aliphatic rings. The third kappa shape index (κ3) is 4.77. The van der Waals surface area contributed by atoms with Gasteiger partial charge in [-0.1, -0.05) is 20.8 Å². The highest BCUT2D eigenvalue weighted by Crippen LogP contribution is 2.12. The molecule has 2 N–H and O–H groups in total. The summed E-state index contributed by atoms with van der Waals surface area (Å²) in [5.74, 6) is -0.581. The molecule has 1 aromatic rings. The van der Waals surface area contributed by atoms with E-state index in [1.165, 1.54) is 0 Å². The Morgan fingerprint density at radius 3 is 2.53 bits per heavy atom. The molecule has 106 valence electrons. The predicted octanol–water partition coefficient (Wildman–Crippen LogP) is 2.32. The zero-order valence-corrected chi connectivity index (χ0v) is 11.6. The van der Waals surface area contributed by atoms with Crippen molar-refractivity contribution in [3.05, 3.63) is 23.7 Å². The second-order valence-corrected chi connectivity index (χ2v) is 4.99. The summed E-state index contributed by atoms with van der Waals surface area (Å²) in [7, 11) is 0. The summed E-state index contributed by atoms with van der Waals surface area (Å²) in [5, 5.41) is 11.7. The molecule has 1 unspecified atom stereocenters. The van der Waals surface area contributed by atoms with Crippen molar-refractivity contribution in [1.29, 1.82) is 0 Å². The van der Waals surface area contributed by atoms with Gasteiger partial charge in [-0.15, -0.1) is 0 Å². The summed E-state index contributed by atoms with van der Waals surface area (Å²) in [6.07, 6.45) is 1.26. The maximum absolute atomic E-state index is 11.8. The van der Waals surface area contributed by atoms with Gasteiger partial charge in [-0.2, -0.15) is 0 Å². The van der Waals surface area contributed by atoms with Crippen molar-refractivity contribution >= 4 is 11.9 Å². The molecule has 5 nitrogen and oxygen atoms in total. The first-order valence-corrected chi connectivity index (χ1v) is 6.53. The van der Waals surface area contributed by atoms with Crippen LogP contribution in [0.5, 0.6) is 0 Å². The van der Waals surface area contributed by atoms with Crippen molar-refractivity contribution in [3.8, 4) is 0 Å². The Bertz CT molecular complexity index is 436. The minimum atomic E-state index is -0.886. The van der Waals surface area contributed by atoms with Gasteiger partial charge in [0.25, 0.3) is 5.91 Å². The van der Waals surface area contributed by atoms with Crippen LogP contribution in [0.3, 0.4) is 0 Å². The first-order valence-electron chi connectivity index (χ1n) is 6.53. The van der Waals surface area contributed by atoms with Gasteiger partial charge in [0.1, 0.15) is 5.76 Å². The maximum Gasteiger partial charge on any atom is 0.308 e. The van der Waals surface area contributed by atoms with Crippen molar-refractivity contribution in [3.63, 3.8) is 0 Å². The fraction of sp³-hybridized carbons (Fsp3) is 0.571. The SMILES string of the molecule is CCc1ccc(C(=O)NCC(CC(C)C)C(=O)O)o1. The van der Waals surface area contributed by atoms with Gasteiger partial charge in [0.15, 0.2) is 5.76 Å². The molecule has 1 amide bonds. The van der Waals surface area contributed by atoms with Gasteiger partial charge in [0.2, 0.25) is 0 Å². The molecule has 5 heteroatoms. The molecular weight excluding hydrogens is 246 g/mol. The maximum atomic E-state index is 11.8. The molecule has 0 saturated heterocycles. The van der Waals surface area contributed by atoms with Gasteiger partial charge in [-0.25, -0.2) is 0 Å². The number of nitrogens with one attached hydrogen (secondary N) is 1. The van der Waals surface area contributed by atoms with Gasteiger partial charge in [-0.3, -0.25) is 9.59 Å². The van der Waals surface area contributed by atoms with Crippen LogP contribution in [0.1, 0.15) is 43.5 Å². The summed E-state index contributed by atoms with van der Waals surface area (Å²) in [6, 6.07) is 3.35. The molecule has 0 aromatic carbocycles. The van der Waals surface area contributed by atoms with E-state index in [0.717, 1.165) is 12.2 Å². The molecule has 0 saturated carbocycles. The molecule has 0 spiro atoms. The minimum absolute atomic E-state index is 0.120. The van der Waals surface area contributed by atoms with E-state index in [1.54, 1.807) is 12.1 Å². The van der Waals surface area contributed by atoms with E-state index in [0.29, 0.717) is 6.42 Å². The van der Waals surface area contributed by atoms with Crippen LogP contribution in [0.4, 0.5) is 0 Å². The molecule has 1 heterocycles. The van der Waals surface area contributed by atoms with Crippen LogP contribution in [0, 0.1) is 11.8 Å². The number of amides is 1. The van der Waals surface area contributed by atoms with E-state index < -0.39 is 11.9 Å². The van der Waals surface area contributed by atoms with E-state index in [2.05, 4.69) is 5.32 Å². The highest BCUT2D eigenvalue weighted by molar-refractivity contribution is 5.91. The summed E-state index contributed by atoms with van der Waals surface area (Å²) in [5.41, 5.74) is 0. The number of carbonyl (C=O) groups excluding carboxylic acids is 1. The standard InChI is InChI=1S/C14H21NO4/c1-4-11-5-6-12(19-11)13(16)15-8-10(14(17)18)7-9(2)3/h5-6,9-10H,4,7-8H2,1-3H3,(H,15,16)(H,17,18). The number of carbonyl (C=O) groups is 2. The number of rotatable bonds is 7. The zero-order chi connectivity index (χ0) is 14.4. The molecule has 1 atom stereocenters. The van der Waals surface area contributed by atoms with Crippen LogP contribution >= 0.6 is 0 Å². The number of carboxylic acids is 1. The highest BCUT2D eigenvalue weighted by Gasteiger charge is 2.20. The number of furan rings is 1. The Morgan fingerprint density at radius 1 is 1.37 bits per heavy atom. The third-order valence-corrected chi connectivity index (χ3v) is 2.85. The van der Waals surface area contributed by atoms with E-state index in [1.807, 2.05) is 20.8 Å². The van der Waals surface area contributed by atoms with Crippen molar-refractivity contribution < 1.29 is 19.1 Å². The Hall–Kier alpha value is -1.78. The molecule has 1 aromatic heterocycles. The van der Waals surface area contributed by atoms with Crippen LogP contribution in [-0.2, 0) is 11.2 Å². The summed E-state index contributed by atoms with van der Waals surface area (Å²) in [6.45, 7) is 5.97. The molecule has 0 bridgehead atoms. The van der Waals surface area contributed by atoms with E-state index >= 15 is 0 Å². The first kappa shape index (κ1) is 15.3. The number of carboxylic acid groups (broad SMARTS) is 1. The largest absolute Gasteiger partial charge is 0.481 e. The van der Waals surface area contributed by atoms with Crippen molar-refractivity contribution in [1.82, 2.24) is 5.32 Å². The van der Waals surface area contributed by atoms with Gasteiger partial charge in [0, 0.05) is 13.0 Å². The van der Waals surface area contributed by atoms with E-state index in [9.17, 15) is 9.59 Å². The number of hydrogen-bond acceptors (Lipinski definition) is 3. The van der Waals surface area contributed by atoms with Crippen LogP contribution < -0.4 is 5.32 Å². The smallest absolute Gasteiger partial charge is 0.308 e. The normalized spacial score (nSPS) is 12.4. The third-order valence-electron chi connectivity index (χ3n) is 2.85. The predicted molar refractivity (Wildman–Crippen MR) is 71.0 cm³/mol. The van der Waals surface area contributed by atoms with Crippen molar-refractivity contribution in [2.45, 2.75) is 33.6 Å². The highest BCUT2D eigenvalue weighted by atomic mass is 16.4. The zero-order valence-electron chi connectivity index (χ0n) is 11.6. The summed E-state index contributed by atoms with van der Waals surface area (Å²) < 4.78 is 5.31. The number of aryl methyl sites for hydroxylation is 1. The molecular formula is C14H21NO4. The lowest BCUT2D eigenvalue weighted by molar-refractivity contribution is -0.142. The van der Waals surface area contributed by atoms with Gasteiger partial charge >= 0.3 is 5.97 Å². The Balaban J connectivity index is 2.54. The Labute approximate surface area is 113 Å². The fourth-order valence-corrected chi connectivity index (χ4v) is 1.83. The molecule has 19 heavy (non-hydrogen) atoms.